The summed E-state index contributed by atoms with van der Waals surface area (Å²) >= 11 is 0. The number of methoxy groups -OCH3 is 1. The van der Waals surface area contributed by atoms with Crippen LogP contribution >= 0.6 is 0 Å². The van der Waals surface area contributed by atoms with Crippen LogP contribution in [0, 0.1) is 5.41 Å². The summed E-state index contributed by atoms with van der Waals surface area (Å²) in [7, 11) is 1.38. The Balaban J connectivity index is 2.77. The highest BCUT2D eigenvalue weighted by atomic mass is 16.5. The molecule has 3 nitrogen and oxygen atoms in total. The van der Waals surface area contributed by atoms with Crippen molar-refractivity contribution < 1.29 is 14.6 Å². The zero-order valence-corrected chi connectivity index (χ0v) is 8.66. The fourth-order valence-corrected chi connectivity index (χ4v) is 2.25. The fraction of sp³-hybridized carbons (Fsp3) is 0.727. The Labute approximate surface area is 84.8 Å². The van der Waals surface area contributed by atoms with Crippen LogP contribution in [0.25, 0.3) is 0 Å². The summed E-state index contributed by atoms with van der Waals surface area (Å²) in [4.78, 5) is 11.6. The number of hydrogen-bond donors (Lipinski definition) is 1. The maximum absolute atomic E-state index is 11.6. The van der Waals surface area contributed by atoms with E-state index in [-0.39, 0.29) is 5.97 Å². The molecule has 0 aromatic carbocycles. The number of rotatable bonds is 4. The molecular formula is C11H18O3. The minimum Gasteiger partial charge on any atom is -0.469 e. The first-order valence-electron chi connectivity index (χ1n) is 5.05. The van der Waals surface area contributed by atoms with Crippen molar-refractivity contribution in [3.05, 3.63) is 12.7 Å². The lowest BCUT2D eigenvalue weighted by Crippen LogP contribution is -2.39. The largest absolute Gasteiger partial charge is 0.469 e. The van der Waals surface area contributed by atoms with E-state index in [9.17, 15) is 9.90 Å². The van der Waals surface area contributed by atoms with Gasteiger partial charge in [-0.25, -0.2) is 0 Å². The van der Waals surface area contributed by atoms with Gasteiger partial charge in [0.2, 0.25) is 0 Å². The molecule has 0 bridgehead atoms. The average Bonchev–Trinajstić information content (AvgIpc) is 2.57. The van der Waals surface area contributed by atoms with Gasteiger partial charge in [-0.15, -0.1) is 6.58 Å². The monoisotopic (exact) mass is 198 g/mol. The molecule has 1 saturated carbocycles. The van der Waals surface area contributed by atoms with Crippen molar-refractivity contribution in [2.24, 2.45) is 5.41 Å². The zero-order valence-electron chi connectivity index (χ0n) is 8.66. The quantitative estimate of drug-likeness (QED) is 0.552. The minimum atomic E-state index is -0.664. The highest BCUT2D eigenvalue weighted by Gasteiger charge is 2.48. The summed E-state index contributed by atoms with van der Waals surface area (Å²) < 4.78 is 4.77. The fourth-order valence-electron chi connectivity index (χ4n) is 2.25. The minimum absolute atomic E-state index is 0.274. The highest BCUT2D eigenvalue weighted by Crippen LogP contribution is 2.43. The molecule has 0 aromatic rings. The molecule has 0 radical (unpaired) electrons. The van der Waals surface area contributed by atoms with Gasteiger partial charge in [0, 0.05) is 0 Å². The molecule has 1 N–H and O–H groups in total. The van der Waals surface area contributed by atoms with E-state index in [1.165, 1.54) is 7.11 Å². The van der Waals surface area contributed by atoms with Gasteiger partial charge < -0.3 is 9.84 Å². The predicted molar refractivity (Wildman–Crippen MR) is 53.7 cm³/mol. The SMILES string of the molecule is C=CCC[C@@]1(C(=O)OC)CCC[C@H]1O. The van der Waals surface area contributed by atoms with E-state index in [0.29, 0.717) is 12.8 Å². The van der Waals surface area contributed by atoms with Crippen molar-refractivity contribution >= 4 is 5.97 Å². The Morgan fingerprint density at radius 2 is 2.50 bits per heavy atom. The Hall–Kier alpha value is -0.830. The van der Waals surface area contributed by atoms with E-state index in [4.69, 9.17) is 4.74 Å². The van der Waals surface area contributed by atoms with Crippen LogP contribution in [0.3, 0.4) is 0 Å². The molecule has 2 atom stereocenters. The maximum Gasteiger partial charge on any atom is 0.314 e. The second kappa shape index (κ2) is 4.60. The van der Waals surface area contributed by atoms with Crippen molar-refractivity contribution in [3.8, 4) is 0 Å². The van der Waals surface area contributed by atoms with Crippen LogP contribution in [0.15, 0.2) is 12.7 Å². The average molecular weight is 198 g/mol. The van der Waals surface area contributed by atoms with E-state index in [0.717, 1.165) is 19.3 Å². The lowest BCUT2D eigenvalue weighted by molar-refractivity contribution is -0.158. The molecule has 14 heavy (non-hydrogen) atoms. The van der Waals surface area contributed by atoms with Gasteiger partial charge in [-0.1, -0.05) is 6.08 Å². The maximum atomic E-state index is 11.6. The summed E-state index contributed by atoms with van der Waals surface area (Å²) in [6, 6.07) is 0. The van der Waals surface area contributed by atoms with Crippen molar-refractivity contribution in [1.29, 1.82) is 0 Å². The smallest absolute Gasteiger partial charge is 0.314 e. The molecule has 0 aliphatic heterocycles. The molecule has 1 fully saturated rings. The van der Waals surface area contributed by atoms with Crippen molar-refractivity contribution in [2.45, 2.75) is 38.2 Å². The number of hydrogen-bond acceptors (Lipinski definition) is 3. The molecule has 0 heterocycles. The number of aliphatic hydroxyl groups is 1. The summed E-state index contributed by atoms with van der Waals surface area (Å²) in [5.74, 6) is -0.274. The molecule has 0 spiro atoms. The molecule has 1 aliphatic rings. The standard InChI is InChI=1S/C11H18O3/c1-3-4-7-11(10(13)14-2)8-5-6-9(11)12/h3,9,12H,1,4-8H2,2H3/t9-,11-/m1/s1. The third kappa shape index (κ3) is 1.82. The van der Waals surface area contributed by atoms with Gasteiger partial charge in [0.15, 0.2) is 0 Å². The van der Waals surface area contributed by atoms with Gasteiger partial charge in [-0.2, -0.15) is 0 Å². The normalized spacial score (nSPS) is 31.4. The van der Waals surface area contributed by atoms with Crippen LogP contribution in [0.5, 0.6) is 0 Å². The molecule has 3 heteroatoms. The van der Waals surface area contributed by atoms with E-state index in [2.05, 4.69) is 6.58 Å². The highest BCUT2D eigenvalue weighted by molar-refractivity contribution is 5.78. The van der Waals surface area contributed by atoms with Crippen LogP contribution < -0.4 is 0 Å². The van der Waals surface area contributed by atoms with Crippen molar-refractivity contribution in [1.82, 2.24) is 0 Å². The number of esters is 1. The molecular weight excluding hydrogens is 180 g/mol. The van der Waals surface area contributed by atoms with Crippen LogP contribution in [0.2, 0.25) is 0 Å². The number of ether oxygens (including phenoxy) is 1. The summed E-state index contributed by atoms with van der Waals surface area (Å²) in [5, 5.41) is 9.83. The summed E-state index contributed by atoms with van der Waals surface area (Å²) in [6.45, 7) is 3.63. The molecule has 1 aliphatic carbocycles. The summed E-state index contributed by atoms with van der Waals surface area (Å²) in [5.41, 5.74) is -0.664. The lowest BCUT2D eigenvalue weighted by Gasteiger charge is -2.29. The second-order valence-electron chi connectivity index (χ2n) is 3.88. The van der Waals surface area contributed by atoms with Gasteiger partial charge in [-0.3, -0.25) is 4.79 Å². The van der Waals surface area contributed by atoms with E-state index >= 15 is 0 Å². The van der Waals surface area contributed by atoms with Gasteiger partial charge >= 0.3 is 5.97 Å². The lowest BCUT2D eigenvalue weighted by atomic mass is 9.79. The van der Waals surface area contributed by atoms with Gasteiger partial charge in [0.1, 0.15) is 0 Å². The zero-order chi connectivity index (χ0) is 10.6. The number of aliphatic hydroxyl groups excluding tert-OH is 1. The molecule has 0 aromatic heterocycles. The Bertz CT molecular complexity index is 225. The van der Waals surface area contributed by atoms with Gasteiger partial charge in [0.25, 0.3) is 0 Å². The van der Waals surface area contributed by atoms with Crippen LogP contribution in [-0.2, 0) is 9.53 Å². The van der Waals surface area contributed by atoms with Gasteiger partial charge in [0.05, 0.1) is 18.6 Å². The van der Waals surface area contributed by atoms with Crippen molar-refractivity contribution in [3.63, 3.8) is 0 Å². The van der Waals surface area contributed by atoms with Crippen LogP contribution in [0.4, 0.5) is 0 Å². The second-order valence-corrected chi connectivity index (χ2v) is 3.88. The first-order chi connectivity index (χ1) is 6.67. The molecule has 0 saturated heterocycles. The third-order valence-electron chi connectivity index (χ3n) is 3.12. The van der Waals surface area contributed by atoms with Crippen molar-refractivity contribution in [2.75, 3.05) is 7.11 Å². The topological polar surface area (TPSA) is 46.5 Å². The first-order valence-corrected chi connectivity index (χ1v) is 5.05. The predicted octanol–water partition coefficient (Wildman–Crippen LogP) is 1.66. The van der Waals surface area contributed by atoms with Crippen LogP contribution in [0.1, 0.15) is 32.1 Å². The number of carbonyl (C=O) groups is 1. The Morgan fingerprint density at radius 1 is 1.79 bits per heavy atom. The van der Waals surface area contributed by atoms with Gasteiger partial charge in [-0.05, 0) is 32.1 Å². The summed E-state index contributed by atoms with van der Waals surface area (Å²) in [6.07, 6.45) is 4.94. The van der Waals surface area contributed by atoms with E-state index in [1.54, 1.807) is 6.08 Å². The van der Waals surface area contributed by atoms with Crippen LogP contribution in [-0.4, -0.2) is 24.3 Å². The Morgan fingerprint density at radius 3 is 2.93 bits per heavy atom. The molecule has 1 rings (SSSR count). The number of carbonyl (C=O) groups excluding carboxylic acids is 1. The molecule has 0 unspecified atom stereocenters. The Kier molecular flexibility index (Phi) is 3.69. The molecule has 0 amide bonds. The molecule has 80 valence electrons. The first kappa shape index (κ1) is 11.2. The van der Waals surface area contributed by atoms with E-state index < -0.39 is 11.5 Å². The number of allylic oxidation sites excluding steroid dienone is 1. The third-order valence-corrected chi connectivity index (χ3v) is 3.12. The van der Waals surface area contributed by atoms with E-state index in [1.807, 2.05) is 0 Å².